The molecule has 0 radical (unpaired) electrons. The Morgan fingerprint density at radius 2 is 1.77 bits per heavy atom. The molecule has 0 aliphatic carbocycles. The van der Waals surface area contributed by atoms with E-state index in [1.807, 2.05) is 0 Å². The number of hydrogen-bond acceptors (Lipinski definition) is 6. The first-order chi connectivity index (χ1) is 14.6. The maximum Gasteiger partial charge on any atom is 0.260 e. The number of hydrogen-bond donors (Lipinski definition) is 0. The molecule has 1 aliphatic rings. The van der Waals surface area contributed by atoms with Gasteiger partial charge in [0.1, 0.15) is 17.4 Å². The largest absolute Gasteiger partial charge is 0.484 e. The van der Waals surface area contributed by atoms with Crippen molar-refractivity contribution in [3.63, 3.8) is 0 Å². The maximum absolute atomic E-state index is 13.5. The minimum Gasteiger partial charge on any atom is -0.484 e. The smallest absolute Gasteiger partial charge is 0.260 e. The van der Waals surface area contributed by atoms with E-state index >= 15 is 0 Å². The van der Waals surface area contributed by atoms with Crippen molar-refractivity contribution in [1.29, 1.82) is 0 Å². The molecule has 1 aromatic heterocycles. The number of nitrogens with zero attached hydrogens (tertiary/aromatic N) is 6. The monoisotopic (exact) mass is 414 g/mol. The zero-order valence-electron chi connectivity index (χ0n) is 16.1. The third kappa shape index (κ3) is 4.77. The fourth-order valence-corrected chi connectivity index (χ4v) is 3.24. The average Bonchev–Trinajstić information content (AvgIpc) is 3.22. The number of tetrazole rings is 1. The van der Waals surface area contributed by atoms with Crippen LogP contribution >= 0.6 is 0 Å². The van der Waals surface area contributed by atoms with Gasteiger partial charge in [0.25, 0.3) is 5.91 Å². The predicted molar refractivity (Wildman–Crippen MR) is 103 cm³/mol. The maximum atomic E-state index is 13.5. The summed E-state index contributed by atoms with van der Waals surface area (Å²) in [4.78, 5) is 16.2. The van der Waals surface area contributed by atoms with Gasteiger partial charge in [-0.15, -0.1) is 5.10 Å². The average molecular weight is 414 g/mol. The van der Waals surface area contributed by atoms with E-state index in [0.717, 1.165) is 0 Å². The van der Waals surface area contributed by atoms with Crippen LogP contribution in [0.25, 0.3) is 5.69 Å². The number of rotatable bonds is 6. The van der Waals surface area contributed by atoms with Crippen LogP contribution in [0.15, 0.2) is 48.5 Å². The number of aromatic nitrogens is 4. The Kier molecular flexibility index (Phi) is 5.94. The first kappa shape index (κ1) is 19.9. The van der Waals surface area contributed by atoms with Gasteiger partial charge in [-0.3, -0.25) is 9.69 Å². The van der Waals surface area contributed by atoms with E-state index in [4.69, 9.17) is 4.74 Å². The third-order valence-corrected chi connectivity index (χ3v) is 4.85. The van der Waals surface area contributed by atoms with Gasteiger partial charge in [0.15, 0.2) is 12.4 Å². The molecule has 1 saturated heterocycles. The first-order valence-electron chi connectivity index (χ1n) is 9.50. The molecule has 156 valence electrons. The first-order valence-corrected chi connectivity index (χ1v) is 9.50. The fourth-order valence-electron chi connectivity index (χ4n) is 3.24. The van der Waals surface area contributed by atoms with Crippen molar-refractivity contribution in [3.8, 4) is 11.4 Å². The lowest BCUT2D eigenvalue weighted by atomic mass is 10.3. The Labute approximate surface area is 171 Å². The van der Waals surface area contributed by atoms with Crippen molar-refractivity contribution in [2.24, 2.45) is 0 Å². The fraction of sp³-hybridized carbons (Fsp3) is 0.300. The summed E-state index contributed by atoms with van der Waals surface area (Å²) in [5.74, 6) is 0.216. The summed E-state index contributed by atoms with van der Waals surface area (Å²) in [5.41, 5.74) is 0.557. The topological polar surface area (TPSA) is 76.4 Å². The molecule has 2 aromatic carbocycles. The highest BCUT2D eigenvalue weighted by Gasteiger charge is 2.23. The number of halogens is 2. The van der Waals surface area contributed by atoms with Crippen molar-refractivity contribution in [3.05, 3.63) is 66.0 Å². The molecule has 0 bridgehead atoms. The highest BCUT2D eigenvalue weighted by Crippen LogP contribution is 2.14. The molecule has 30 heavy (non-hydrogen) atoms. The lowest BCUT2D eigenvalue weighted by Gasteiger charge is -2.34. The Morgan fingerprint density at radius 1 is 1.00 bits per heavy atom. The van der Waals surface area contributed by atoms with E-state index in [1.165, 1.54) is 41.1 Å². The second-order valence-electron chi connectivity index (χ2n) is 6.89. The van der Waals surface area contributed by atoms with Crippen molar-refractivity contribution >= 4 is 5.91 Å². The number of piperazine rings is 1. The van der Waals surface area contributed by atoms with Crippen molar-refractivity contribution in [1.82, 2.24) is 30.0 Å². The van der Waals surface area contributed by atoms with Gasteiger partial charge in [-0.1, -0.05) is 6.07 Å². The molecule has 8 nitrogen and oxygen atoms in total. The summed E-state index contributed by atoms with van der Waals surface area (Å²) in [6, 6.07) is 11.6. The van der Waals surface area contributed by atoms with E-state index in [-0.39, 0.29) is 24.1 Å². The van der Waals surface area contributed by atoms with Crippen molar-refractivity contribution in [2.75, 3.05) is 32.8 Å². The van der Waals surface area contributed by atoms with Gasteiger partial charge in [-0.05, 0) is 52.9 Å². The number of carbonyl (C=O) groups is 1. The summed E-state index contributed by atoms with van der Waals surface area (Å²) in [5, 5.41) is 11.7. The molecule has 1 amide bonds. The van der Waals surface area contributed by atoms with Crippen LogP contribution in [0.4, 0.5) is 8.78 Å². The molecule has 0 spiro atoms. The van der Waals surface area contributed by atoms with E-state index in [2.05, 4.69) is 20.4 Å². The molecule has 10 heteroatoms. The van der Waals surface area contributed by atoms with E-state index in [9.17, 15) is 13.6 Å². The summed E-state index contributed by atoms with van der Waals surface area (Å²) in [6.07, 6.45) is 0. The molecule has 0 unspecified atom stereocenters. The Balaban J connectivity index is 1.28. The van der Waals surface area contributed by atoms with Gasteiger partial charge < -0.3 is 9.64 Å². The molecular formula is C20H20F2N6O2. The van der Waals surface area contributed by atoms with Crippen molar-refractivity contribution < 1.29 is 18.3 Å². The summed E-state index contributed by atoms with van der Waals surface area (Å²) in [7, 11) is 0. The third-order valence-electron chi connectivity index (χ3n) is 4.85. The summed E-state index contributed by atoms with van der Waals surface area (Å²) in [6.45, 7) is 2.79. The Morgan fingerprint density at radius 3 is 2.50 bits per heavy atom. The van der Waals surface area contributed by atoms with Crippen LogP contribution in [0, 0.1) is 11.6 Å². The lowest BCUT2D eigenvalue weighted by molar-refractivity contribution is -0.135. The molecule has 1 fully saturated rings. The zero-order valence-corrected chi connectivity index (χ0v) is 16.1. The minimum atomic E-state index is -0.357. The molecular weight excluding hydrogens is 394 g/mol. The van der Waals surface area contributed by atoms with Crippen LogP contribution in [0.1, 0.15) is 5.82 Å². The number of benzene rings is 2. The minimum absolute atomic E-state index is 0.0938. The van der Waals surface area contributed by atoms with Gasteiger partial charge in [-0.25, -0.2) is 8.78 Å². The second kappa shape index (κ2) is 8.95. The number of ether oxygens (including phenoxy) is 1. The Hall–Kier alpha value is -3.40. The van der Waals surface area contributed by atoms with Gasteiger partial charge >= 0.3 is 0 Å². The van der Waals surface area contributed by atoms with Gasteiger partial charge in [0.05, 0.1) is 12.2 Å². The zero-order chi connectivity index (χ0) is 20.9. The summed E-state index contributed by atoms with van der Waals surface area (Å²) >= 11 is 0. The SMILES string of the molecule is O=C(COc1ccc(F)cc1)N1CCN(Cc2nnnn2-c2cccc(F)c2)CC1. The molecule has 3 aromatic rings. The van der Waals surface area contributed by atoms with E-state index in [1.54, 1.807) is 17.0 Å². The Bertz CT molecular complexity index is 1000. The van der Waals surface area contributed by atoms with Crippen LogP contribution in [0.5, 0.6) is 5.75 Å². The predicted octanol–water partition coefficient (Wildman–Crippen LogP) is 1.66. The van der Waals surface area contributed by atoms with Crippen LogP contribution in [-0.4, -0.2) is 68.7 Å². The molecule has 1 aliphatic heterocycles. The molecule has 4 rings (SSSR count). The van der Waals surface area contributed by atoms with Crippen LogP contribution in [0.3, 0.4) is 0 Å². The van der Waals surface area contributed by atoms with Crippen LogP contribution in [0.2, 0.25) is 0 Å². The van der Waals surface area contributed by atoms with Crippen LogP contribution < -0.4 is 4.74 Å². The molecule has 0 saturated carbocycles. The van der Waals surface area contributed by atoms with Gasteiger partial charge in [0, 0.05) is 26.2 Å². The number of amides is 1. The molecule has 2 heterocycles. The van der Waals surface area contributed by atoms with E-state index < -0.39 is 0 Å². The quantitative estimate of drug-likeness (QED) is 0.611. The van der Waals surface area contributed by atoms with Gasteiger partial charge in [-0.2, -0.15) is 4.68 Å². The number of carbonyl (C=O) groups excluding carboxylic acids is 1. The lowest BCUT2D eigenvalue weighted by Crippen LogP contribution is -2.49. The molecule has 0 N–H and O–H groups in total. The van der Waals surface area contributed by atoms with Crippen molar-refractivity contribution in [2.45, 2.75) is 6.54 Å². The summed E-state index contributed by atoms with van der Waals surface area (Å²) < 4.78 is 33.4. The second-order valence-corrected chi connectivity index (χ2v) is 6.89. The van der Waals surface area contributed by atoms with E-state index in [0.29, 0.717) is 50.0 Å². The van der Waals surface area contributed by atoms with Gasteiger partial charge in [0.2, 0.25) is 0 Å². The standard InChI is InChI=1S/C20H20F2N6O2/c21-15-4-6-18(7-5-15)30-14-20(29)27-10-8-26(9-11-27)13-19-23-24-25-28(19)17-3-1-2-16(22)12-17/h1-7,12H,8-11,13-14H2. The normalized spacial score (nSPS) is 14.7. The highest BCUT2D eigenvalue weighted by atomic mass is 19.1. The molecule has 0 atom stereocenters. The highest BCUT2D eigenvalue weighted by molar-refractivity contribution is 5.77. The van der Waals surface area contributed by atoms with Crippen LogP contribution in [-0.2, 0) is 11.3 Å².